The largest absolute Gasteiger partial charge is 0.494 e. The van der Waals surface area contributed by atoms with Crippen molar-refractivity contribution in [3.63, 3.8) is 0 Å². The van der Waals surface area contributed by atoms with Crippen molar-refractivity contribution in [1.29, 1.82) is 0 Å². The number of benzene rings is 2. The molecular weight excluding hydrogens is 321 g/mol. The van der Waals surface area contributed by atoms with Crippen molar-refractivity contribution >= 4 is 5.78 Å². The van der Waals surface area contributed by atoms with E-state index in [1.54, 1.807) is 24.3 Å². The molecule has 2 rings (SSSR count). The lowest BCUT2D eigenvalue weighted by molar-refractivity contribution is -0.137. The number of alkyl halides is 3. The summed E-state index contributed by atoms with van der Waals surface area (Å²) in [5, 5.41) is 10.1. The van der Waals surface area contributed by atoms with E-state index in [1.165, 1.54) is 12.1 Å². The summed E-state index contributed by atoms with van der Waals surface area (Å²) in [6.07, 6.45) is -5.80. The molecule has 0 heterocycles. The van der Waals surface area contributed by atoms with E-state index in [0.717, 1.165) is 12.1 Å². The van der Waals surface area contributed by atoms with Gasteiger partial charge in [0.2, 0.25) is 0 Å². The van der Waals surface area contributed by atoms with Crippen LogP contribution < -0.4 is 4.74 Å². The number of ether oxygens (including phenoxy) is 1. The summed E-state index contributed by atoms with van der Waals surface area (Å²) < 4.78 is 42.8. The maximum atomic E-state index is 12.5. The molecule has 3 nitrogen and oxygen atoms in total. The van der Waals surface area contributed by atoms with E-state index in [0.29, 0.717) is 17.9 Å². The summed E-state index contributed by atoms with van der Waals surface area (Å²) in [5.41, 5.74) is -0.122. The van der Waals surface area contributed by atoms with Crippen molar-refractivity contribution < 1.29 is 27.8 Å². The molecule has 0 saturated carbocycles. The van der Waals surface area contributed by atoms with Gasteiger partial charge in [0.25, 0.3) is 0 Å². The third kappa shape index (κ3) is 4.58. The van der Waals surface area contributed by atoms with Gasteiger partial charge in [-0.15, -0.1) is 0 Å². The van der Waals surface area contributed by atoms with Crippen molar-refractivity contribution in [2.24, 2.45) is 0 Å². The van der Waals surface area contributed by atoms with E-state index in [9.17, 15) is 23.1 Å². The highest BCUT2D eigenvalue weighted by Crippen LogP contribution is 2.30. The number of carbonyl (C=O) groups is 1. The molecule has 0 aliphatic carbocycles. The van der Waals surface area contributed by atoms with Gasteiger partial charge in [0.1, 0.15) is 5.75 Å². The summed E-state index contributed by atoms with van der Waals surface area (Å²) >= 11 is 0. The Morgan fingerprint density at radius 3 is 2.17 bits per heavy atom. The van der Waals surface area contributed by atoms with Crippen LogP contribution in [-0.4, -0.2) is 17.5 Å². The van der Waals surface area contributed by atoms with Gasteiger partial charge >= 0.3 is 6.18 Å². The molecule has 0 amide bonds. The molecule has 1 unspecified atom stereocenters. The smallest absolute Gasteiger partial charge is 0.416 e. The first-order valence-electron chi connectivity index (χ1n) is 7.42. The third-order valence-corrected chi connectivity index (χ3v) is 3.49. The fraction of sp³-hybridized carbons (Fsp3) is 0.278. The average Bonchev–Trinajstić information content (AvgIpc) is 2.55. The Balaban J connectivity index is 2.03. The number of carbonyl (C=O) groups excluding carboxylic acids is 1. The van der Waals surface area contributed by atoms with Gasteiger partial charge in [-0.25, -0.2) is 0 Å². The number of rotatable bonds is 6. The number of aliphatic hydroxyl groups is 1. The molecule has 2 aromatic rings. The Labute approximate surface area is 137 Å². The third-order valence-electron chi connectivity index (χ3n) is 3.49. The summed E-state index contributed by atoms with van der Waals surface area (Å²) in [7, 11) is 0. The zero-order chi connectivity index (χ0) is 17.7. The molecule has 6 heteroatoms. The fourth-order valence-corrected chi connectivity index (χ4v) is 2.21. The number of ketones is 1. The minimum Gasteiger partial charge on any atom is -0.494 e. The van der Waals surface area contributed by atoms with E-state index < -0.39 is 17.8 Å². The zero-order valence-electron chi connectivity index (χ0n) is 13.0. The van der Waals surface area contributed by atoms with E-state index in [-0.39, 0.29) is 17.8 Å². The number of halogens is 3. The predicted molar refractivity (Wildman–Crippen MR) is 83.0 cm³/mol. The van der Waals surface area contributed by atoms with Crippen molar-refractivity contribution in [1.82, 2.24) is 0 Å². The zero-order valence-corrected chi connectivity index (χ0v) is 13.0. The Kier molecular flexibility index (Phi) is 5.62. The van der Waals surface area contributed by atoms with E-state index in [2.05, 4.69) is 0 Å². The van der Waals surface area contributed by atoms with Crippen molar-refractivity contribution in [2.75, 3.05) is 6.61 Å². The molecule has 24 heavy (non-hydrogen) atoms. The maximum Gasteiger partial charge on any atom is 0.416 e. The molecule has 0 aromatic heterocycles. The Hall–Kier alpha value is -2.34. The second-order valence-electron chi connectivity index (χ2n) is 5.22. The van der Waals surface area contributed by atoms with Gasteiger partial charge in [0.15, 0.2) is 5.78 Å². The lowest BCUT2D eigenvalue weighted by Crippen LogP contribution is -2.09. The minimum atomic E-state index is -4.43. The second-order valence-corrected chi connectivity index (χ2v) is 5.22. The average molecular weight is 338 g/mol. The Bertz CT molecular complexity index is 676. The van der Waals surface area contributed by atoms with E-state index in [1.807, 2.05) is 6.92 Å². The van der Waals surface area contributed by atoms with Crippen LogP contribution in [0.2, 0.25) is 0 Å². The first-order chi connectivity index (χ1) is 11.3. The Morgan fingerprint density at radius 1 is 1.08 bits per heavy atom. The van der Waals surface area contributed by atoms with Gasteiger partial charge in [-0.05, 0) is 48.9 Å². The molecule has 0 saturated heterocycles. The van der Waals surface area contributed by atoms with Gasteiger partial charge in [-0.3, -0.25) is 4.79 Å². The number of aliphatic hydroxyl groups excluding tert-OH is 1. The Morgan fingerprint density at radius 2 is 1.67 bits per heavy atom. The van der Waals surface area contributed by atoms with Gasteiger partial charge in [-0.1, -0.05) is 12.1 Å². The quantitative estimate of drug-likeness (QED) is 0.794. The topological polar surface area (TPSA) is 46.5 Å². The fourth-order valence-electron chi connectivity index (χ4n) is 2.21. The van der Waals surface area contributed by atoms with Crippen LogP contribution in [0.1, 0.15) is 40.9 Å². The molecule has 0 aliphatic heterocycles. The standard InChI is InChI=1S/C18H17F3O3/c1-2-24-15-9-5-13(6-10-15)17(23)11-16(22)12-3-7-14(8-4-12)18(19,20)21/h3-10,16,22H,2,11H2,1H3. The lowest BCUT2D eigenvalue weighted by Gasteiger charge is -2.12. The molecule has 0 bridgehead atoms. The number of Topliss-reactive ketones (excluding diaryl/α,β-unsaturated/α-hetero) is 1. The highest BCUT2D eigenvalue weighted by molar-refractivity contribution is 5.96. The summed E-state index contributed by atoms with van der Waals surface area (Å²) in [5.74, 6) is 0.336. The summed E-state index contributed by atoms with van der Waals surface area (Å²) in [4.78, 5) is 12.1. The summed E-state index contributed by atoms with van der Waals surface area (Å²) in [6.45, 7) is 2.36. The molecule has 0 fully saturated rings. The van der Waals surface area contributed by atoms with Crippen LogP contribution in [0.25, 0.3) is 0 Å². The van der Waals surface area contributed by atoms with Crippen LogP contribution in [0.15, 0.2) is 48.5 Å². The normalized spacial score (nSPS) is 12.7. The molecule has 0 aliphatic rings. The summed E-state index contributed by atoms with van der Waals surface area (Å²) in [6, 6.07) is 10.6. The first-order valence-corrected chi connectivity index (χ1v) is 7.42. The van der Waals surface area contributed by atoms with Crippen LogP contribution in [0, 0.1) is 0 Å². The van der Waals surface area contributed by atoms with Gasteiger partial charge < -0.3 is 9.84 Å². The van der Waals surface area contributed by atoms with E-state index >= 15 is 0 Å². The van der Waals surface area contributed by atoms with Crippen LogP contribution >= 0.6 is 0 Å². The van der Waals surface area contributed by atoms with Crippen LogP contribution in [0.3, 0.4) is 0 Å². The minimum absolute atomic E-state index is 0.209. The van der Waals surface area contributed by atoms with Crippen molar-refractivity contribution in [3.8, 4) is 5.75 Å². The maximum absolute atomic E-state index is 12.5. The van der Waals surface area contributed by atoms with Gasteiger partial charge in [0.05, 0.1) is 18.3 Å². The molecule has 0 spiro atoms. The molecule has 0 radical (unpaired) electrons. The van der Waals surface area contributed by atoms with Crippen LogP contribution in [-0.2, 0) is 6.18 Å². The number of hydrogen-bond acceptors (Lipinski definition) is 3. The SMILES string of the molecule is CCOc1ccc(C(=O)CC(O)c2ccc(C(F)(F)F)cc2)cc1. The second kappa shape index (κ2) is 7.49. The van der Waals surface area contributed by atoms with Crippen LogP contribution in [0.5, 0.6) is 5.75 Å². The molecule has 1 N–H and O–H groups in total. The molecule has 1 atom stereocenters. The van der Waals surface area contributed by atoms with Gasteiger partial charge in [-0.2, -0.15) is 13.2 Å². The van der Waals surface area contributed by atoms with Gasteiger partial charge in [0, 0.05) is 12.0 Å². The molecular formula is C18H17F3O3. The van der Waals surface area contributed by atoms with Crippen molar-refractivity contribution in [2.45, 2.75) is 25.6 Å². The highest BCUT2D eigenvalue weighted by atomic mass is 19.4. The van der Waals surface area contributed by atoms with Crippen LogP contribution in [0.4, 0.5) is 13.2 Å². The lowest BCUT2D eigenvalue weighted by atomic mass is 9.99. The monoisotopic (exact) mass is 338 g/mol. The molecule has 128 valence electrons. The number of hydrogen-bond donors (Lipinski definition) is 1. The molecule has 2 aromatic carbocycles. The first kappa shape index (κ1) is 18.0. The van der Waals surface area contributed by atoms with Crippen molar-refractivity contribution in [3.05, 3.63) is 65.2 Å². The highest BCUT2D eigenvalue weighted by Gasteiger charge is 2.30. The van der Waals surface area contributed by atoms with E-state index in [4.69, 9.17) is 4.74 Å². The predicted octanol–water partition coefficient (Wildman–Crippen LogP) is 4.41.